The maximum Gasteiger partial charge on any atom is 0.260 e. The highest BCUT2D eigenvalue weighted by Crippen LogP contribution is 2.20. The molecular formula is C17H19N3O. The van der Waals surface area contributed by atoms with Crippen LogP contribution in [0.4, 0.5) is 0 Å². The van der Waals surface area contributed by atoms with Gasteiger partial charge < -0.3 is 9.55 Å². The Morgan fingerprint density at radius 2 is 2.00 bits per heavy atom. The molecule has 0 aliphatic heterocycles. The van der Waals surface area contributed by atoms with Crippen molar-refractivity contribution >= 4 is 11.0 Å². The van der Waals surface area contributed by atoms with Crippen molar-refractivity contribution in [1.82, 2.24) is 14.5 Å². The average molecular weight is 281 g/mol. The lowest BCUT2D eigenvalue weighted by Crippen LogP contribution is -2.12. The second-order valence-corrected chi connectivity index (χ2v) is 5.33. The van der Waals surface area contributed by atoms with E-state index in [4.69, 9.17) is 0 Å². The highest BCUT2D eigenvalue weighted by Gasteiger charge is 2.13. The molecule has 0 spiro atoms. The van der Waals surface area contributed by atoms with Crippen LogP contribution in [0.2, 0.25) is 0 Å². The Hall–Kier alpha value is -2.36. The van der Waals surface area contributed by atoms with Gasteiger partial charge in [0.2, 0.25) is 0 Å². The van der Waals surface area contributed by atoms with E-state index in [0.717, 1.165) is 42.0 Å². The summed E-state index contributed by atoms with van der Waals surface area (Å²) in [6, 6.07) is 10.00. The van der Waals surface area contributed by atoms with Crippen LogP contribution in [0.1, 0.15) is 31.2 Å². The molecule has 0 saturated carbocycles. The first-order valence-corrected chi connectivity index (χ1v) is 7.37. The smallest absolute Gasteiger partial charge is 0.260 e. The number of nitrogens with zero attached hydrogens (tertiary/aromatic N) is 2. The summed E-state index contributed by atoms with van der Waals surface area (Å²) in [6.07, 6.45) is 4.90. The first-order chi connectivity index (χ1) is 10.2. The first-order valence-electron chi connectivity index (χ1n) is 7.37. The van der Waals surface area contributed by atoms with Gasteiger partial charge in [0.15, 0.2) is 5.65 Å². The van der Waals surface area contributed by atoms with Gasteiger partial charge in [-0.1, -0.05) is 31.5 Å². The summed E-state index contributed by atoms with van der Waals surface area (Å²) >= 11 is 0. The molecule has 0 aliphatic carbocycles. The van der Waals surface area contributed by atoms with Crippen LogP contribution >= 0.6 is 0 Å². The predicted molar refractivity (Wildman–Crippen MR) is 85.0 cm³/mol. The molecule has 1 N–H and O–H groups in total. The van der Waals surface area contributed by atoms with E-state index in [-0.39, 0.29) is 5.56 Å². The number of aryl methyl sites for hydroxylation is 2. The number of hydrogen-bond donors (Lipinski definition) is 1. The summed E-state index contributed by atoms with van der Waals surface area (Å²) < 4.78 is 2.00. The van der Waals surface area contributed by atoms with Crippen LogP contribution in [-0.2, 0) is 6.42 Å². The van der Waals surface area contributed by atoms with Crippen molar-refractivity contribution in [3.05, 3.63) is 58.3 Å². The lowest BCUT2D eigenvalue weighted by Gasteiger charge is -2.05. The van der Waals surface area contributed by atoms with E-state index in [9.17, 15) is 4.79 Å². The molecule has 0 fully saturated rings. The molecule has 0 atom stereocenters. The summed E-state index contributed by atoms with van der Waals surface area (Å²) in [5, 5.41) is 0.680. The van der Waals surface area contributed by atoms with Crippen molar-refractivity contribution < 1.29 is 0 Å². The number of H-pyrrole nitrogens is 1. The average Bonchev–Trinajstić information content (AvgIpc) is 2.83. The van der Waals surface area contributed by atoms with Crippen LogP contribution in [0.25, 0.3) is 16.7 Å². The molecule has 0 bridgehead atoms. The number of fused-ring (bicyclic) bond motifs is 1. The molecule has 0 unspecified atom stereocenters. The van der Waals surface area contributed by atoms with Crippen molar-refractivity contribution in [1.29, 1.82) is 0 Å². The molecule has 0 radical (unpaired) electrons. The monoisotopic (exact) mass is 281 g/mol. The number of rotatable bonds is 4. The van der Waals surface area contributed by atoms with Crippen LogP contribution in [-0.4, -0.2) is 14.5 Å². The summed E-state index contributed by atoms with van der Waals surface area (Å²) in [6.45, 7) is 4.08. The molecule has 21 heavy (non-hydrogen) atoms. The Labute approximate surface area is 123 Å². The van der Waals surface area contributed by atoms with E-state index in [2.05, 4.69) is 16.9 Å². The third-order valence-electron chi connectivity index (χ3n) is 3.70. The molecule has 4 heteroatoms. The summed E-state index contributed by atoms with van der Waals surface area (Å²) in [5.74, 6) is 0.768. The molecule has 0 amide bonds. The number of nitrogens with one attached hydrogen (secondary N) is 1. The van der Waals surface area contributed by atoms with Gasteiger partial charge in [0, 0.05) is 18.3 Å². The molecule has 0 saturated heterocycles. The molecular weight excluding hydrogens is 262 g/mol. The second kappa shape index (κ2) is 5.56. The van der Waals surface area contributed by atoms with Gasteiger partial charge in [-0.15, -0.1) is 0 Å². The zero-order valence-corrected chi connectivity index (χ0v) is 12.4. The van der Waals surface area contributed by atoms with E-state index in [1.54, 1.807) is 0 Å². The highest BCUT2D eigenvalue weighted by molar-refractivity contribution is 5.81. The maximum absolute atomic E-state index is 12.3. The third-order valence-corrected chi connectivity index (χ3v) is 3.70. The molecule has 0 aliphatic rings. The fraction of sp³-hybridized carbons (Fsp3) is 0.294. The normalized spacial score (nSPS) is 11.1. The first kappa shape index (κ1) is 13.6. The van der Waals surface area contributed by atoms with Gasteiger partial charge in [-0.3, -0.25) is 4.79 Å². The maximum atomic E-state index is 12.3. The van der Waals surface area contributed by atoms with Crippen LogP contribution in [0.15, 0.2) is 41.3 Å². The van der Waals surface area contributed by atoms with Gasteiger partial charge >= 0.3 is 0 Å². The fourth-order valence-electron chi connectivity index (χ4n) is 2.60. The fourth-order valence-corrected chi connectivity index (χ4v) is 2.60. The van der Waals surface area contributed by atoms with Crippen molar-refractivity contribution in [3.63, 3.8) is 0 Å². The van der Waals surface area contributed by atoms with Crippen LogP contribution < -0.4 is 5.56 Å². The molecule has 3 rings (SSSR count). The highest BCUT2D eigenvalue weighted by atomic mass is 16.1. The van der Waals surface area contributed by atoms with E-state index in [1.165, 1.54) is 0 Å². The summed E-state index contributed by atoms with van der Waals surface area (Å²) in [5.41, 5.74) is 2.67. The quantitative estimate of drug-likeness (QED) is 0.797. The number of para-hydroxylation sites is 1. The Bertz CT molecular complexity index is 815. The number of aromatic nitrogens is 3. The molecule has 4 nitrogen and oxygen atoms in total. The Kier molecular flexibility index (Phi) is 3.60. The number of aromatic amines is 1. The predicted octanol–water partition coefficient (Wildman–Crippen LogP) is 3.36. The lowest BCUT2D eigenvalue weighted by atomic mass is 10.2. The topological polar surface area (TPSA) is 50.7 Å². The van der Waals surface area contributed by atoms with Gasteiger partial charge in [0.05, 0.1) is 5.39 Å². The number of hydrogen-bond acceptors (Lipinski definition) is 2. The summed E-state index contributed by atoms with van der Waals surface area (Å²) in [4.78, 5) is 19.9. The zero-order valence-electron chi connectivity index (χ0n) is 12.4. The molecule has 2 heterocycles. The lowest BCUT2D eigenvalue weighted by molar-refractivity contribution is 0.751. The van der Waals surface area contributed by atoms with Crippen molar-refractivity contribution in [2.24, 2.45) is 0 Å². The van der Waals surface area contributed by atoms with Gasteiger partial charge in [-0.2, -0.15) is 0 Å². The van der Waals surface area contributed by atoms with Crippen molar-refractivity contribution in [3.8, 4) is 5.69 Å². The van der Waals surface area contributed by atoms with Crippen LogP contribution in [0, 0.1) is 6.92 Å². The Balaban J connectivity index is 2.22. The standard InChI is InChI=1S/C17H19N3O/c1-3-4-10-14-18-16-15(17(21)19-14)12(2)11-20(16)13-8-6-5-7-9-13/h5-9,11H,3-4,10H2,1-2H3,(H,18,19,21). The largest absolute Gasteiger partial charge is 0.310 e. The molecule has 108 valence electrons. The zero-order chi connectivity index (χ0) is 14.8. The van der Waals surface area contributed by atoms with E-state index >= 15 is 0 Å². The minimum atomic E-state index is -0.0433. The number of unbranched alkanes of at least 4 members (excludes halogenated alkanes) is 1. The second-order valence-electron chi connectivity index (χ2n) is 5.33. The van der Waals surface area contributed by atoms with E-state index < -0.39 is 0 Å². The Morgan fingerprint density at radius 1 is 1.24 bits per heavy atom. The number of benzene rings is 1. The van der Waals surface area contributed by atoms with E-state index in [1.807, 2.05) is 48.0 Å². The SMILES string of the molecule is CCCCc1nc2c(c(C)cn2-c2ccccc2)c(=O)[nH]1. The van der Waals surface area contributed by atoms with Crippen molar-refractivity contribution in [2.75, 3.05) is 0 Å². The van der Waals surface area contributed by atoms with Crippen LogP contribution in [0.3, 0.4) is 0 Å². The van der Waals surface area contributed by atoms with Crippen molar-refractivity contribution in [2.45, 2.75) is 33.1 Å². The third kappa shape index (κ3) is 2.49. The van der Waals surface area contributed by atoms with Gasteiger partial charge in [-0.25, -0.2) is 4.98 Å². The van der Waals surface area contributed by atoms with E-state index in [0.29, 0.717) is 5.39 Å². The minimum Gasteiger partial charge on any atom is -0.310 e. The van der Waals surface area contributed by atoms with Gasteiger partial charge in [-0.05, 0) is 31.0 Å². The minimum absolute atomic E-state index is 0.0433. The van der Waals surface area contributed by atoms with Crippen LogP contribution in [0.5, 0.6) is 0 Å². The molecule has 2 aromatic heterocycles. The Morgan fingerprint density at radius 3 is 2.71 bits per heavy atom. The summed E-state index contributed by atoms with van der Waals surface area (Å²) in [7, 11) is 0. The molecule has 3 aromatic rings. The van der Waals surface area contributed by atoms with Gasteiger partial charge in [0.1, 0.15) is 5.82 Å². The van der Waals surface area contributed by atoms with Gasteiger partial charge in [0.25, 0.3) is 5.56 Å². The molecule has 1 aromatic carbocycles.